The summed E-state index contributed by atoms with van der Waals surface area (Å²) in [6, 6.07) is 0.0550. The molecule has 3 N–H and O–H groups in total. The fourth-order valence-corrected chi connectivity index (χ4v) is 1.27. The molecule has 1 aliphatic rings. The van der Waals surface area contributed by atoms with Crippen molar-refractivity contribution in [2.45, 2.75) is 12.5 Å². The molecule has 0 aliphatic carbocycles. The minimum Gasteiger partial charge on any atom is -0.340 e. The van der Waals surface area contributed by atoms with Crippen molar-refractivity contribution in [1.29, 1.82) is 0 Å². The van der Waals surface area contributed by atoms with Crippen molar-refractivity contribution in [3.8, 4) is 0 Å². The van der Waals surface area contributed by atoms with Crippen LogP contribution in [0.4, 0.5) is 0 Å². The summed E-state index contributed by atoms with van der Waals surface area (Å²) in [5.41, 5.74) is 5.60. The molecule has 1 amide bonds. The first-order chi connectivity index (χ1) is 5.24. The summed E-state index contributed by atoms with van der Waals surface area (Å²) < 4.78 is 0. The summed E-state index contributed by atoms with van der Waals surface area (Å²) in [5, 5.41) is 3.00. The molecule has 0 spiro atoms. The Morgan fingerprint density at radius 3 is 3.00 bits per heavy atom. The molecule has 0 saturated carbocycles. The fourth-order valence-electron chi connectivity index (χ4n) is 1.27. The highest BCUT2D eigenvalue weighted by atomic mass is 16.2. The highest BCUT2D eigenvalue weighted by Crippen LogP contribution is 2.07. The second kappa shape index (κ2) is 3.69. The third-order valence-corrected chi connectivity index (χ3v) is 1.88. The van der Waals surface area contributed by atoms with Crippen LogP contribution in [0.2, 0.25) is 0 Å². The molecule has 1 aliphatic heterocycles. The highest BCUT2D eigenvalue weighted by Gasteiger charge is 2.25. The molecule has 0 aromatic heterocycles. The molecule has 1 saturated heterocycles. The van der Waals surface area contributed by atoms with Crippen LogP contribution in [0.25, 0.3) is 0 Å². The summed E-state index contributed by atoms with van der Waals surface area (Å²) in [4.78, 5) is 12.9. The first-order valence-electron chi connectivity index (χ1n) is 3.92. The van der Waals surface area contributed by atoms with Gasteiger partial charge in [-0.15, -0.1) is 0 Å². The number of rotatable bonds is 3. The number of hydrogen-bond donors (Lipinski definition) is 2. The predicted molar refractivity (Wildman–Crippen MR) is 43.1 cm³/mol. The monoisotopic (exact) mass is 157 g/mol. The lowest BCUT2D eigenvalue weighted by Gasteiger charge is -2.14. The maximum Gasteiger partial charge on any atom is 0.224 e. The van der Waals surface area contributed by atoms with Crippen LogP contribution in [0.1, 0.15) is 6.42 Å². The van der Waals surface area contributed by atoms with Gasteiger partial charge in [0, 0.05) is 32.1 Å². The third-order valence-electron chi connectivity index (χ3n) is 1.88. The molecule has 4 nitrogen and oxygen atoms in total. The lowest BCUT2D eigenvalue weighted by atomic mass is 10.3. The molecule has 0 radical (unpaired) electrons. The van der Waals surface area contributed by atoms with Gasteiger partial charge in [-0.2, -0.15) is 0 Å². The van der Waals surface area contributed by atoms with E-state index in [4.69, 9.17) is 5.73 Å². The molecule has 1 heterocycles. The summed E-state index contributed by atoms with van der Waals surface area (Å²) in [7, 11) is 1.88. The highest BCUT2D eigenvalue weighted by molar-refractivity contribution is 5.79. The molecule has 0 aromatic rings. The molecule has 0 bridgehead atoms. The number of carbonyl (C=O) groups is 1. The van der Waals surface area contributed by atoms with E-state index in [2.05, 4.69) is 5.32 Å². The molecule has 11 heavy (non-hydrogen) atoms. The van der Waals surface area contributed by atoms with Gasteiger partial charge in [0.25, 0.3) is 0 Å². The number of nitrogens with zero attached hydrogens (tertiary/aromatic N) is 1. The molecule has 1 rings (SSSR count). The van der Waals surface area contributed by atoms with Crippen LogP contribution >= 0.6 is 0 Å². The van der Waals surface area contributed by atoms with Crippen molar-refractivity contribution < 1.29 is 4.79 Å². The van der Waals surface area contributed by atoms with Crippen molar-refractivity contribution in [2.75, 3.05) is 26.7 Å². The Morgan fingerprint density at radius 2 is 2.55 bits per heavy atom. The summed E-state index contributed by atoms with van der Waals surface area (Å²) in [6.45, 7) is 2.35. The van der Waals surface area contributed by atoms with Crippen molar-refractivity contribution in [1.82, 2.24) is 10.2 Å². The van der Waals surface area contributed by atoms with Crippen LogP contribution < -0.4 is 11.1 Å². The number of nitrogens with one attached hydrogen (secondary N) is 1. The predicted octanol–water partition coefficient (Wildman–Crippen LogP) is -1.23. The Labute approximate surface area is 66.7 Å². The molecule has 1 unspecified atom stereocenters. The number of carbonyl (C=O) groups excluding carboxylic acids is 1. The van der Waals surface area contributed by atoms with Gasteiger partial charge in [-0.05, 0) is 7.05 Å². The second-order valence-corrected chi connectivity index (χ2v) is 2.91. The zero-order valence-electron chi connectivity index (χ0n) is 6.84. The van der Waals surface area contributed by atoms with E-state index in [-0.39, 0.29) is 11.9 Å². The molecule has 0 aromatic carbocycles. The van der Waals surface area contributed by atoms with E-state index in [1.54, 1.807) is 4.90 Å². The Balaban J connectivity index is 2.29. The van der Waals surface area contributed by atoms with Gasteiger partial charge in [-0.1, -0.05) is 0 Å². The molecule has 4 heteroatoms. The van der Waals surface area contributed by atoms with E-state index in [1.807, 2.05) is 7.05 Å². The Hall–Kier alpha value is -0.610. The quantitative estimate of drug-likeness (QED) is 0.539. The third kappa shape index (κ3) is 2.17. The van der Waals surface area contributed by atoms with Crippen molar-refractivity contribution in [3.05, 3.63) is 0 Å². The molecular weight excluding hydrogens is 142 g/mol. The molecule has 64 valence electrons. The van der Waals surface area contributed by atoms with E-state index >= 15 is 0 Å². The number of nitrogens with two attached hydrogens (primary N) is 1. The zero-order chi connectivity index (χ0) is 8.27. The Kier molecular flexibility index (Phi) is 2.84. The van der Waals surface area contributed by atoms with Gasteiger partial charge in [0.05, 0.1) is 0 Å². The number of hydrogen-bond acceptors (Lipinski definition) is 3. The lowest BCUT2D eigenvalue weighted by Crippen LogP contribution is -2.33. The number of likely N-dealkylation sites (tertiary alicyclic amines) is 1. The molecule has 1 fully saturated rings. The van der Waals surface area contributed by atoms with Crippen LogP contribution in [-0.4, -0.2) is 43.5 Å². The SMILES string of the molecule is CNCCN1CC(N)CC1=O. The smallest absolute Gasteiger partial charge is 0.224 e. The van der Waals surface area contributed by atoms with Crippen LogP contribution in [0.15, 0.2) is 0 Å². The van der Waals surface area contributed by atoms with Gasteiger partial charge in [-0.25, -0.2) is 0 Å². The zero-order valence-corrected chi connectivity index (χ0v) is 6.84. The topological polar surface area (TPSA) is 58.4 Å². The number of likely N-dealkylation sites (N-methyl/N-ethyl adjacent to an activating group) is 1. The molecule has 1 atom stereocenters. The van der Waals surface area contributed by atoms with Crippen molar-refractivity contribution >= 4 is 5.91 Å². The fraction of sp³-hybridized carbons (Fsp3) is 0.857. The van der Waals surface area contributed by atoms with Gasteiger partial charge < -0.3 is 16.0 Å². The first-order valence-corrected chi connectivity index (χ1v) is 3.92. The Morgan fingerprint density at radius 1 is 1.82 bits per heavy atom. The van der Waals surface area contributed by atoms with Gasteiger partial charge in [0.2, 0.25) is 5.91 Å². The van der Waals surface area contributed by atoms with Gasteiger partial charge in [0.1, 0.15) is 0 Å². The van der Waals surface area contributed by atoms with E-state index in [1.165, 1.54) is 0 Å². The van der Waals surface area contributed by atoms with Crippen LogP contribution in [0.5, 0.6) is 0 Å². The second-order valence-electron chi connectivity index (χ2n) is 2.91. The Bertz CT molecular complexity index is 149. The van der Waals surface area contributed by atoms with Crippen molar-refractivity contribution in [3.63, 3.8) is 0 Å². The van der Waals surface area contributed by atoms with Gasteiger partial charge in [0.15, 0.2) is 0 Å². The van der Waals surface area contributed by atoms with E-state index < -0.39 is 0 Å². The van der Waals surface area contributed by atoms with Gasteiger partial charge in [-0.3, -0.25) is 4.79 Å². The maximum atomic E-state index is 11.1. The minimum absolute atomic E-state index is 0.0550. The van der Waals surface area contributed by atoms with Crippen LogP contribution in [0.3, 0.4) is 0 Å². The van der Waals surface area contributed by atoms with Crippen molar-refractivity contribution in [2.24, 2.45) is 5.73 Å². The summed E-state index contributed by atoms with van der Waals surface area (Å²) in [5.74, 6) is 0.188. The van der Waals surface area contributed by atoms with E-state index in [0.717, 1.165) is 19.6 Å². The van der Waals surface area contributed by atoms with Crippen LogP contribution in [-0.2, 0) is 4.79 Å². The number of amides is 1. The van der Waals surface area contributed by atoms with E-state index in [9.17, 15) is 4.79 Å². The van der Waals surface area contributed by atoms with Crippen LogP contribution in [0, 0.1) is 0 Å². The average Bonchev–Trinajstić information content (AvgIpc) is 2.26. The first kappa shape index (κ1) is 8.49. The lowest BCUT2D eigenvalue weighted by molar-refractivity contribution is -0.127. The van der Waals surface area contributed by atoms with E-state index in [0.29, 0.717) is 6.42 Å². The summed E-state index contributed by atoms with van der Waals surface area (Å²) >= 11 is 0. The maximum absolute atomic E-state index is 11.1. The minimum atomic E-state index is 0.0550. The standard InChI is InChI=1S/C7H15N3O/c1-9-2-3-10-5-6(8)4-7(10)11/h6,9H,2-5,8H2,1H3. The molecular formula is C7H15N3O. The average molecular weight is 157 g/mol. The summed E-state index contributed by atoms with van der Waals surface area (Å²) in [6.07, 6.45) is 0.518. The van der Waals surface area contributed by atoms with Gasteiger partial charge >= 0.3 is 0 Å². The normalized spacial score (nSPS) is 24.7. The largest absolute Gasteiger partial charge is 0.340 e.